The van der Waals surface area contributed by atoms with Crippen molar-refractivity contribution in [3.8, 4) is 28.7 Å². The summed E-state index contributed by atoms with van der Waals surface area (Å²) in [5, 5.41) is 19.9. The van der Waals surface area contributed by atoms with Gasteiger partial charge in [-0.3, -0.25) is 0 Å². The molecule has 5 heteroatoms. The lowest BCUT2D eigenvalue weighted by molar-refractivity contribution is 0.331. The number of phenolic OH excluding ortho intramolecular Hbond substituents is 2. The van der Waals surface area contributed by atoms with E-state index in [0.29, 0.717) is 29.1 Å². The second-order valence-electron chi connectivity index (χ2n) is 6.72. The summed E-state index contributed by atoms with van der Waals surface area (Å²) in [5.74, 6) is 2.40. The summed E-state index contributed by atoms with van der Waals surface area (Å²) in [5.41, 5.74) is 2.12. The Labute approximate surface area is 155 Å². The number of aromatic hydroxyl groups is 2. The molecule has 2 atom stereocenters. The molecule has 0 aliphatic rings. The normalized spacial score (nSPS) is 13.1. The summed E-state index contributed by atoms with van der Waals surface area (Å²) >= 11 is 0. The van der Waals surface area contributed by atoms with Gasteiger partial charge in [0, 0.05) is 0 Å². The van der Waals surface area contributed by atoms with Crippen molar-refractivity contribution in [2.75, 3.05) is 21.3 Å². The van der Waals surface area contributed by atoms with Crippen molar-refractivity contribution in [1.29, 1.82) is 0 Å². The molecular weight excluding hydrogens is 332 g/mol. The van der Waals surface area contributed by atoms with Gasteiger partial charge in [0.15, 0.2) is 23.0 Å². The molecule has 5 nitrogen and oxygen atoms in total. The minimum absolute atomic E-state index is 0.0879. The van der Waals surface area contributed by atoms with E-state index in [9.17, 15) is 10.2 Å². The predicted molar refractivity (Wildman–Crippen MR) is 102 cm³/mol. The predicted octanol–water partition coefficient (Wildman–Crippen LogP) is 4.18. The van der Waals surface area contributed by atoms with Crippen molar-refractivity contribution in [1.82, 2.24) is 0 Å². The monoisotopic (exact) mass is 360 g/mol. The Morgan fingerprint density at radius 1 is 0.731 bits per heavy atom. The number of methoxy groups -OCH3 is 3. The zero-order chi connectivity index (χ0) is 19.3. The minimum Gasteiger partial charge on any atom is -0.504 e. The van der Waals surface area contributed by atoms with Crippen LogP contribution in [0.3, 0.4) is 0 Å². The Hall–Kier alpha value is -2.56. The molecule has 0 fully saturated rings. The highest BCUT2D eigenvalue weighted by Gasteiger charge is 2.18. The van der Waals surface area contributed by atoms with Crippen molar-refractivity contribution >= 4 is 0 Å². The molecule has 26 heavy (non-hydrogen) atoms. The van der Waals surface area contributed by atoms with Crippen LogP contribution < -0.4 is 14.2 Å². The third kappa shape index (κ3) is 4.54. The highest BCUT2D eigenvalue weighted by molar-refractivity contribution is 5.53. The van der Waals surface area contributed by atoms with Crippen LogP contribution in [0, 0.1) is 11.8 Å². The van der Waals surface area contributed by atoms with Gasteiger partial charge in [0.2, 0.25) is 5.75 Å². The van der Waals surface area contributed by atoms with Gasteiger partial charge >= 0.3 is 0 Å². The van der Waals surface area contributed by atoms with Gasteiger partial charge in [0.05, 0.1) is 21.3 Å². The standard InChI is InChI=1S/C21H28O5/c1-13(8-15-6-7-17(22)19(11-15)24-3)14(2)9-16-10-18(23)21(26-5)20(12-16)25-4/h6-7,10-14,22-23H,8-9H2,1-5H3. The van der Waals surface area contributed by atoms with E-state index in [1.54, 1.807) is 26.4 Å². The molecule has 2 aromatic rings. The fraction of sp³-hybridized carbons (Fsp3) is 0.429. The van der Waals surface area contributed by atoms with Crippen molar-refractivity contribution in [2.24, 2.45) is 11.8 Å². The fourth-order valence-corrected chi connectivity index (χ4v) is 3.11. The molecule has 0 saturated carbocycles. The molecule has 0 aromatic heterocycles. The maximum atomic E-state index is 10.1. The number of benzene rings is 2. The summed E-state index contributed by atoms with van der Waals surface area (Å²) in [4.78, 5) is 0. The summed E-state index contributed by atoms with van der Waals surface area (Å²) in [6, 6.07) is 9.10. The maximum absolute atomic E-state index is 10.1. The van der Waals surface area contributed by atoms with Crippen LogP contribution in [0.25, 0.3) is 0 Å². The van der Waals surface area contributed by atoms with Gasteiger partial charge < -0.3 is 24.4 Å². The SMILES string of the molecule is COc1cc(CC(C)C(C)Cc2cc(O)c(OC)c(OC)c2)ccc1O. The third-order valence-corrected chi connectivity index (χ3v) is 4.85. The number of hydrogen-bond donors (Lipinski definition) is 2. The lowest BCUT2D eigenvalue weighted by Crippen LogP contribution is -2.14. The molecule has 0 bridgehead atoms. The second-order valence-corrected chi connectivity index (χ2v) is 6.72. The molecule has 2 rings (SSSR count). The molecular formula is C21H28O5. The van der Waals surface area contributed by atoms with Crippen LogP contribution in [-0.4, -0.2) is 31.5 Å². The molecule has 0 spiro atoms. The molecule has 0 aliphatic carbocycles. The van der Waals surface area contributed by atoms with E-state index in [2.05, 4.69) is 13.8 Å². The minimum atomic E-state index is 0.0879. The number of phenols is 2. The lowest BCUT2D eigenvalue weighted by Gasteiger charge is -2.21. The summed E-state index contributed by atoms with van der Waals surface area (Å²) in [6.07, 6.45) is 1.68. The molecule has 0 heterocycles. The van der Waals surface area contributed by atoms with Crippen LogP contribution in [0.2, 0.25) is 0 Å². The second kappa shape index (κ2) is 8.70. The van der Waals surface area contributed by atoms with E-state index in [0.717, 1.165) is 24.0 Å². The Bertz CT molecular complexity index is 741. The molecule has 0 aliphatic heterocycles. The van der Waals surface area contributed by atoms with Crippen LogP contribution >= 0.6 is 0 Å². The largest absolute Gasteiger partial charge is 0.504 e. The Balaban J connectivity index is 2.09. The fourth-order valence-electron chi connectivity index (χ4n) is 3.11. The first-order chi connectivity index (χ1) is 12.4. The molecule has 0 radical (unpaired) electrons. The Morgan fingerprint density at radius 2 is 1.31 bits per heavy atom. The van der Waals surface area contributed by atoms with Crippen LogP contribution in [0.15, 0.2) is 30.3 Å². The van der Waals surface area contributed by atoms with Crippen molar-refractivity contribution in [2.45, 2.75) is 26.7 Å². The summed E-state index contributed by atoms with van der Waals surface area (Å²) in [6.45, 7) is 4.39. The Kier molecular flexibility index (Phi) is 6.61. The highest BCUT2D eigenvalue weighted by atomic mass is 16.5. The first-order valence-corrected chi connectivity index (χ1v) is 8.69. The van der Waals surface area contributed by atoms with Gasteiger partial charge in [-0.05, 0) is 60.1 Å². The van der Waals surface area contributed by atoms with Gasteiger partial charge in [0.1, 0.15) is 0 Å². The van der Waals surface area contributed by atoms with Gasteiger partial charge in [-0.15, -0.1) is 0 Å². The van der Waals surface area contributed by atoms with Crippen molar-refractivity contribution in [3.63, 3.8) is 0 Å². The van der Waals surface area contributed by atoms with E-state index in [1.165, 1.54) is 7.11 Å². The van der Waals surface area contributed by atoms with Crippen LogP contribution in [0.4, 0.5) is 0 Å². The number of rotatable bonds is 8. The molecule has 2 unspecified atom stereocenters. The first-order valence-electron chi connectivity index (χ1n) is 8.69. The average molecular weight is 360 g/mol. The van der Waals surface area contributed by atoms with Gasteiger partial charge in [-0.2, -0.15) is 0 Å². The number of hydrogen-bond acceptors (Lipinski definition) is 5. The highest BCUT2D eigenvalue weighted by Crippen LogP contribution is 2.38. The van der Waals surface area contributed by atoms with E-state index in [4.69, 9.17) is 14.2 Å². The van der Waals surface area contributed by atoms with Crippen molar-refractivity contribution < 1.29 is 24.4 Å². The molecule has 0 saturated heterocycles. The average Bonchev–Trinajstić information content (AvgIpc) is 2.62. The van der Waals surface area contributed by atoms with Gasteiger partial charge in [-0.25, -0.2) is 0 Å². The van der Waals surface area contributed by atoms with Crippen LogP contribution in [0.1, 0.15) is 25.0 Å². The quantitative estimate of drug-likeness (QED) is 0.739. The smallest absolute Gasteiger partial charge is 0.203 e. The molecule has 0 amide bonds. The third-order valence-electron chi connectivity index (χ3n) is 4.85. The lowest BCUT2D eigenvalue weighted by atomic mass is 9.85. The molecule has 142 valence electrons. The van der Waals surface area contributed by atoms with Gasteiger partial charge in [0.25, 0.3) is 0 Å². The van der Waals surface area contributed by atoms with Gasteiger partial charge in [-0.1, -0.05) is 19.9 Å². The topological polar surface area (TPSA) is 68.2 Å². The summed E-state index contributed by atoms with van der Waals surface area (Å²) in [7, 11) is 4.62. The first kappa shape index (κ1) is 19.8. The van der Waals surface area contributed by atoms with E-state index < -0.39 is 0 Å². The zero-order valence-electron chi connectivity index (χ0n) is 16.1. The van der Waals surface area contributed by atoms with E-state index in [-0.39, 0.29) is 11.5 Å². The molecule has 2 N–H and O–H groups in total. The molecule has 2 aromatic carbocycles. The van der Waals surface area contributed by atoms with Crippen LogP contribution in [0.5, 0.6) is 28.7 Å². The zero-order valence-corrected chi connectivity index (χ0v) is 16.1. The summed E-state index contributed by atoms with van der Waals surface area (Å²) < 4.78 is 15.7. The van der Waals surface area contributed by atoms with Crippen LogP contribution in [-0.2, 0) is 12.8 Å². The van der Waals surface area contributed by atoms with E-state index >= 15 is 0 Å². The van der Waals surface area contributed by atoms with Crippen molar-refractivity contribution in [3.05, 3.63) is 41.5 Å². The maximum Gasteiger partial charge on any atom is 0.203 e. The Morgan fingerprint density at radius 3 is 1.88 bits per heavy atom. The number of ether oxygens (including phenoxy) is 3. The van der Waals surface area contributed by atoms with E-state index in [1.807, 2.05) is 18.2 Å².